The van der Waals surface area contributed by atoms with Crippen LogP contribution in [0.25, 0.3) is 0 Å². The van der Waals surface area contributed by atoms with Gasteiger partial charge in [-0.05, 0) is 68.4 Å². The van der Waals surface area contributed by atoms with E-state index in [1.165, 1.54) is 0 Å². The second kappa shape index (κ2) is 12.9. The molecular weight excluding hydrogens is 455 g/mol. The summed E-state index contributed by atoms with van der Waals surface area (Å²) in [4.78, 5) is 10.6. The molecule has 5 atom stereocenters. The van der Waals surface area contributed by atoms with Crippen LogP contribution in [0.3, 0.4) is 0 Å². The predicted molar refractivity (Wildman–Crippen MR) is 131 cm³/mol. The number of hydrogen-bond donors (Lipinski definition) is 3. The summed E-state index contributed by atoms with van der Waals surface area (Å²) in [7, 11) is -1.28. The average molecular weight is 489 g/mol. The molecule has 3 rings (SSSR count). The lowest BCUT2D eigenvalue weighted by Gasteiger charge is -2.37. The topological polar surface area (TPSA) is 97.6 Å². The fourth-order valence-electron chi connectivity index (χ4n) is 3.64. The van der Waals surface area contributed by atoms with Crippen LogP contribution in [0.2, 0.25) is 0 Å². The van der Waals surface area contributed by atoms with Crippen LogP contribution in [0.5, 0.6) is 17.2 Å². The van der Waals surface area contributed by atoms with E-state index >= 15 is 0 Å². The minimum Gasteiger partial charge on any atom is -0.491 e. The fraction of sp³-hybridized carbons (Fsp3) is 0.462. The zero-order chi connectivity index (χ0) is 24.5. The summed E-state index contributed by atoms with van der Waals surface area (Å²) in [5, 5.41) is 20.7. The van der Waals surface area contributed by atoms with Gasteiger partial charge in [0.2, 0.25) is 6.29 Å². The van der Waals surface area contributed by atoms with Gasteiger partial charge in [-0.3, -0.25) is 0 Å². The number of terminal acetylenes is 1. The van der Waals surface area contributed by atoms with Crippen molar-refractivity contribution >= 4 is 8.15 Å². The largest absolute Gasteiger partial charge is 0.491 e. The molecule has 3 N–H and O–H groups in total. The summed E-state index contributed by atoms with van der Waals surface area (Å²) in [5.41, 5.74) is 0.967. The first kappa shape index (κ1) is 26.3. The van der Waals surface area contributed by atoms with Crippen molar-refractivity contribution in [3.05, 3.63) is 54.1 Å². The van der Waals surface area contributed by atoms with Gasteiger partial charge in [0.05, 0.1) is 18.3 Å². The van der Waals surface area contributed by atoms with E-state index in [0.29, 0.717) is 30.2 Å². The van der Waals surface area contributed by atoms with Crippen LogP contribution in [0.1, 0.15) is 32.3 Å². The van der Waals surface area contributed by atoms with Gasteiger partial charge >= 0.3 is 0 Å². The molecular formula is C26H33O7P. The molecule has 7 nitrogen and oxygen atoms in total. The van der Waals surface area contributed by atoms with Crippen molar-refractivity contribution in [2.75, 3.05) is 12.8 Å². The SMILES string of the molecule is C#CCOc1cccc(CP(O)CCC2CC(O)C(O)C(Oc3ccc(OC(C)C)cc3)O2)c1. The Morgan fingerprint density at radius 2 is 1.85 bits per heavy atom. The molecule has 1 fully saturated rings. The zero-order valence-corrected chi connectivity index (χ0v) is 20.4. The number of hydrogen-bond acceptors (Lipinski definition) is 7. The van der Waals surface area contributed by atoms with Crippen LogP contribution in [-0.2, 0) is 10.9 Å². The smallest absolute Gasteiger partial charge is 0.228 e. The van der Waals surface area contributed by atoms with Crippen molar-refractivity contribution < 1.29 is 34.1 Å². The zero-order valence-electron chi connectivity index (χ0n) is 19.5. The first-order valence-electron chi connectivity index (χ1n) is 11.4. The van der Waals surface area contributed by atoms with Gasteiger partial charge in [-0.1, -0.05) is 18.1 Å². The molecule has 0 saturated carbocycles. The molecule has 0 aromatic heterocycles. The van der Waals surface area contributed by atoms with E-state index in [-0.39, 0.29) is 25.2 Å². The Morgan fingerprint density at radius 1 is 1.12 bits per heavy atom. The molecule has 34 heavy (non-hydrogen) atoms. The van der Waals surface area contributed by atoms with Crippen molar-refractivity contribution in [2.45, 2.75) is 63.6 Å². The minimum absolute atomic E-state index is 0.0638. The molecule has 1 aliphatic heterocycles. The van der Waals surface area contributed by atoms with Crippen LogP contribution in [0.4, 0.5) is 0 Å². The van der Waals surface area contributed by atoms with E-state index in [2.05, 4.69) is 5.92 Å². The normalized spacial score (nSPS) is 23.2. The van der Waals surface area contributed by atoms with Crippen LogP contribution >= 0.6 is 8.15 Å². The maximum absolute atomic E-state index is 10.6. The number of ether oxygens (including phenoxy) is 4. The molecule has 5 unspecified atom stereocenters. The number of benzene rings is 2. The number of aliphatic hydroxyl groups is 2. The molecule has 1 aliphatic rings. The molecule has 0 bridgehead atoms. The Bertz CT molecular complexity index is 927. The first-order chi connectivity index (χ1) is 16.3. The third-order valence-electron chi connectivity index (χ3n) is 5.25. The van der Waals surface area contributed by atoms with Crippen molar-refractivity contribution in [1.82, 2.24) is 0 Å². The van der Waals surface area contributed by atoms with Gasteiger partial charge in [0.15, 0.2) is 0 Å². The van der Waals surface area contributed by atoms with Gasteiger partial charge < -0.3 is 34.1 Å². The highest BCUT2D eigenvalue weighted by atomic mass is 31.1. The third kappa shape index (κ3) is 8.16. The van der Waals surface area contributed by atoms with Gasteiger partial charge in [-0.25, -0.2) is 0 Å². The molecule has 0 amide bonds. The summed E-state index contributed by atoms with van der Waals surface area (Å²) in [5.74, 6) is 4.33. The van der Waals surface area contributed by atoms with E-state index < -0.39 is 26.6 Å². The van der Waals surface area contributed by atoms with E-state index in [4.69, 9.17) is 25.4 Å². The van der Waals surface area contributed by atoms with Gasteiger partial charge in [0, 0.05) is 20.7 Å². The first-order valence-corrected chi connectivity index (χ1v) is 13.0. The number of aliphatic hydroxyl groups excluding tert-OH is 2. The van der Waals surface area contributed by atoms with Crippen LogP contribution in [0, 0.1) is 12.3 Å². The van der Waals surface area contributed by atoms with Crippen molar-refractivity contribution in [3.8, 4) is 29.6 Å². The Labute approximate surface area is 202 Å². The molecule has 0 spiro atoms. The van der Waals surface area contributed by atoms with Crippen molar-refractivity contribution in [3.63, 3.8) is 0 Å². The van der Waals surface area contributed by atoms with E-state index in [9.17, 15) is 15.1 Å². The van der Waals surface area contributed by atoms with Crippen LogP contribution in [0.15, 0.2) is 48.5 Å². The molecule has 0 radical (unpaired) electrons. The van der Waals surface area contributed by atoms with Gasteiger partial charge in [0.1, 0.15) is 30.0 Å². The molecule has 8 heteroatoms. The van der Waals surface area contributed by atoms with Crippen LogP contribution in [-0.4, -0.2) is 58.6 Å². The van der Waals surface area contributed by atoms with E-state index in [1.54, 1.807) is 24.3 Å². The summed E-state index contributed by atoms with van der Waals surface area (Å²) >= 11 is 0. The predicted octanol–water partition coefficient (Wildman–Crippen LogP) is 3.68. The molecule has 1 saturated heterocycles. The van der Waals surface area contributed by atoms with Crippen molar-refractivity contribution in [2.24, 2.45) is 0 Å². The Kier molecular flexibility index (Phi) is 10.0. The maximum atomic E-state index is 10.6. The molecule has 1 heterocycles. The molecule has 0 aliphatic carbocycles. The highest BCUT2D eigenvalue weighted by Crippen LogP contribution is 2.38. The Balaban J connectivity index is 1.50. The minimum atomic E-state index is -1.28. The van der Waals surface area contributed by atoms with Gasteiger partial charge in [-0.15, -0.1) is 6.42 Å². The fourth-order valence-corrected chi connectivity index (χ4v) is 5.01. The quantitative estimate of drug-likeness (QED) is 0.328. The van der Waals surface area contributed by atoms with Crippen molar-refractivity contribution in [1.29, 1.82) is 0 Å². The van der Waals surface area contributed by atoms with Crippen LogP contribution < -0.4 is 14.2 Å². The lowest BCUT2D eigenvalue weighted by molar-refractivity contribution is -0.235. The summed E-state index contributed by atoms with van der Waals surface area (Å²) in [6, 6.07) is 14.5. The molecule has 2 aromatic carbocycles. The maximum Gasteiger partial charge on any atom is 0.228 e. The average Bonchev–Trinajstić information content (AvgIpc) is 2.80. The summed E-state index contributed by atoms with van der Waals surface area (Å²) < 4.78 is 22.8. The van der Waals surface area contributed by atoms with Gasteiger partial charge in [0.25, 0.3) is 0 Å². The Morgan fingerprint density at radius 3 is 2.56 bits per heavy atom. The van der Waals surface area contributed by atoms with E-state index in [1.807, 2.05) is 38.1 Å². The lowest BCUT2D eigenvalue weighted by Crippen LogP contribution is -2.51. The molecule has 184 valence electrons. The highest BCUT2D eigenvalue weighted by Gasteiger charge is 2.38. The second-order valence-electron chi connectivity index (χ2n) is 8.49. The highest BCUT2D eigenvalue weighted by molar-refractivity contribution is 7.50. The summed E-state index contributed by atoms with van der Waals surface area (Å²) in [6.07, 6.45) is 3.69. The molecule has 2 aromatic rings. The summed E-state index contributed by atoms with van der Waals surface area (Å²) in [6.45, 7) is 4.09. The number of rotatable bonds is 11. The monoisotopic (exact) mass is 488 g/mol. The van der Waals surface area contributed by atoms with Gasteiger partial charge in [-0.2, -0.15) is 0 Å². The third-order valence-corrected chi connectivity index (χ3v) is 6.75. The van der Waals surface area contributed by atoms with E-state index in [0.717, 1.165) is 11.3 Å². The Hall–Kier alpha value is -2.33. The standard InChI is InChI=1S/C26H33O7P/c1-4-13-30-22-7-5-6-19(15-22)17-34(29)14-12-23-16-24(27)25(28)26(33-23)32-21-10-8-20(9-11-21)31-18(2)3/h1,5-11,15,18,23-29H,12-14,16-17H2,2-3H3. The second-order valence-corrected chi connectivity index (χ2v) is 10.3. The lowest BCUT2D eigenvalue weighted by atomic mass is 10.0.